The van der Waals surface area contributed by atoms with E-state index in [1.165, 1.54) is 23.1 Å². The topological polar surface area (TPSA) is 107 Å². The minimum atomic E-state index is -0.203. The van der Waals surface area contributed by atoms with Crippen LogP contribution < -0.4 is 10.1 Å². The predicted molar refractivity (Wildman–Crippen MR) is 125 cm³/mol. The molecule has 0 aliphatic heterocycles. The number of carbonyl (C=O) groups is 2. The zero-order chi connectivity index (χ0) is 23.0. The summed E-state index contributed by atoms with van der Waals surface area (Å²) in [5.41, 5.74) is 2.11. The summed E-state index contributed by atoms with van der Waals surface area (Å²) in [5, 5.41) is 8.51. The zero-order valence-electron chi connectivity index (χ0n) is 17.7. The van der Waals surface area contributed by atoms with Gasteiger partial charge >= 0.3 is 0 Å². The molecule has 8 nitrogen and oxygen atoms in total. The highest BCUT2D eigenvalue weighted by molar-refractivity contribution is 8.01. The predicted octanol–water partition coefficient (Wildman–Crippen LogP) is 4.04. The maximum Gasteiger partial charge on any atom is 0.246 e. The van der Waals surface area contributed by atoms with E-state index in [0.717, 1.165) is 9.90 Å². The molecule has 168 valence electrons. The van der Waals surface area contributed by atoms with E-state index in [0.29, 0.717) is 28.7 Å². The Hall–Kier alpha value is -3.50. The first-order valence-corrected chi connectivity index (χ1v) is 11.9. The molecule has 0 unspecified atom stereocenters. The van der Waals surface area contributed by atoms with Crippen LogP contribution in [0.1, 0.15) is 21.9 Å². The summed E-state index contributed by atoms with van der Waals surface area (Å²) < 4.78 is 11.0. The second kappa shape index (κ2) is 10.9. The lowest BCUT2D eigenvalue weighted by Gasteiger charge is -2.02. The number of hydrogen-bond acceptors (Lipinski definition) is 9. The van der Waals surface area contributed by atoms with Gasteiger partial charge in [-0.2, -0.15) is 4.98 Å². The summed E-state index contributed by atoms with van der Waals surface area (Å²) in [6.07, 6.45) is 0.128. The normalized spacial score (nSPS) is 10.7. The molecule has 1 amide bonds. The molecule has 1 N–H and O–H groups in total. The average molecular weight is 481 g/mol. The third-order valence-corrected chi connectivity index (χ3v) is 6.62. The van der Waals surface area contributed by atoms with Crippen molar-refractivity contribution >= 4 is 34.8 Å². The van der Waals surface area contributed by atoms with Gasteiger partial charge in [0, 0.05) is 16.5 Å². The quantitative estimate of drug-likeness (QED) is 0.268. The van der Waals surface area contributed by atoms with Crippen molar-refractivity contribution in [1.29, 1.82) is 0 Å². The Balaban J connectivity index is 1.23. The molecule has 4 aromatic rings. The van der Waals surface area contributed by atoms with Gasteiger partial charge in [-0.05, 0) is 24.3 Å². The third kappa shape index (κ3) is 6.27. The maximum absolute atomic E-state index is 12.3. The number of Topliss-reactive ketones (excluding diaryl/α,β-unsaturated/α-hetero) is 1. The van der Waals surface area contributed by atoms with E-state index in [4.69, 9.17) is 9.26 Å². The van der Waals surface area contributed by atoms with Crippen molar-refractivity contribution in [3.05, 3.63) is 77.1 Å². The van der Waals surface area contributed by atoms with Crippen molar-refractivity contribution < 1.29 is 18.8 Å². The Labute approximate surface area is 198 Å². The van der Waals surface area contributed by atoms with Gasteiger partial charge < -0.3 is 14.6 Å². The van der Waals surface area contributed by atoms with E-state index in [-0.39, 0.29) is 30.4 Å². The SMILES string of the molecule is COc1ccc(C(=O)CSc2nc(CC(=O)NCc3nc(-c4ccccc4)no3)cs2)cc1. The number of aromatic nitrogens is 3. The molecule has 4 rings (SSSR count). The van der Waals surface area contributed by atoms with Crippen LogP contribution in [0.5, 0.6) is 5.75 Å². The Morgan fingerprint density at radius 2 is 1.88 bits per heavy atom. The first kappa shape index (κ1) is 22.7. The Kier molecular flexibility index (Phi) is 7.48. The first-order chi connectivity index (χ1) is 16.1. The molecule has 0 fully saturated rings. The van der Waals surface area contributed by atoms with Crippen LogP contribution in [-0.4, -0.2) is 39.7 Å². The van der Waals surface area contributed by atoms with Crippen LogP contribution in [0.15, 0.2) is 68.8 Å². The van der Waals surface area contributed by atoms with Gasteiger partial charge in [0.05, 0.1) is 31.5 Å². The van der Waals surface area contributed by atoms with Gasteiger partial charge in [0.2, 0.25) is 17.6 Å². The Morgan fingerprint density at radius 3 is 2.64 bits per heavy atom. The monoisotopic (exact) mass is 480 g/mol. The fourth-order valence-electron chi connectivity index (χ4n) is 2.86. The van der Waals surface area contributed by atoms with Crippen LogP contribution in [0.2, 0.25) is 0 Å². The molecule has 0 bridgehead atoms. The van der Waals surface area contributed by atoms with E-state index < -0.39 is 0 Å². The second-order valence-electron chi connectivity index (χ2n) is 6.88. The third-order valence-electron chi connectivity index (χ3n) is 4.55. The number of nitrogens with one attached hydrogen (secondary N) is 1. The van der Waals surface area contributed by atoms with Crippen molar-refractivity contribution in [3.8, 4) is 17.1 Å². The van der Waals surface area contributed by atoms with Gasteiger partial charge in [0.25, 0.3) is 0 Å². The number of nitrogens with zero attached hydrogens (tertiary/aromatic N) is 3. The lowest BCUT2D eigenvalue weighted by Crippen LogP contribution is -2.24. The molecule has 0 spiro atoms. The van der Waals surface area contributed by atoms with E-state index in [9.17, 15) is 9.59 Å². The van der Waals surface area contributed by atoms with E-state index >= 15 is 0 Å². The van der Waals surface area contributed by atoms with Crippen LogP contribution in [0.3, 0.4) is 0 Å². The highest BCUT2D eigenvalue weighted by Crippen LogP contribution is 2.24. The van der Waals surface area contributed by atoms with Crippen LogP contribution >= 0.6 is 23.1 Å². The highest BCUT2D eigenvalue weighted by atomic mass is 32.2. The lowest BCUT2D eigenvalue weighted by molar-refractivity contribution is -0.120. The summed E-state index contributed by atoms with van der Waals surface area (Å²) in [7, 11) is 1.58. The van der Waals surface area contributed by atoms with Crippen LogP contribution in [0.4, 0.5) is 0 Å². The summed E-state index contributed by atoms with van der Waals surface area (Å²) in [4.78, 5) is 33.3. The fourth-order valence-corrected chi connectivity index (χ4v) is 4.59. The number of carbonyl (C=O) groups excluding carboxylic acids is 2. The second-order valence-corrected chi connectivity index (χ2v) is 8.96. The molecule has 0 saturated carbocycles. The molecular formula is C23H20N4O4S2. The summed E-state index contributed by atoms with van der Waals surface area (Å²) in [5.74, 6) is 1.58. The van der Waals surface area contributed by atoms with Gasteiger partial charge in [-0.25, -0.2) is 4.98 Å². The fraction of sp³-hybridized carbons (Fsp3) is 0.174. The van der Waals surface area contributed by atoms with E-state index in [1.807, 2.05) is 35.7 Å². The van der Waals surface area contributed by atoms with E-state index in [1.54, 1.807) is 31.4 Å². The van der Waals surface area contributed by atoms with E-state index in [2.05, 4.69) is 20.4 Å². The zero-order valence-corrected chi connectivity index (χ0v) is 19.3. The molecule has 2 aromatic carbocycles. The molecule has 2 aromatic heterocycles. The molecule has 0 radical (unpaired) electrons. The average Bonchev–Trinajstić information content (AvgIpc) is 3.51. The molecule has 0 aliphatic carbocycles. The number of thiazole rings is 1. The van der Waals surface area contributed by atoms with Gasteiger partial charge in [-0.3, -0.25) is 9.59 Å². The molecule has 10 heteroatoms. The van der Waals surface area contributed by atoms with Gasteiger partial charge in [-0.15, -0.1) is 11.3 Å². The van der Waals surface area contributed by atoms with Crippen molar-refractivity contribution in [2.75, 3.05) is 12.9 Å². The van der Waals surface area contributed by atoms with Gasteiger partial charge in [-0.1, -0.05) is 47.3 Å². The number of thioether (sulfide) groups is 1. The standard InChI is InChI=1S/C23H20N4O4S2/c1-30-18-9-7-15(8-10-18)19(28)14-33-23-25-17(13-32-23)11-20(29)24-12-21-26-22(27-31-21)16-5-3-2-4-6-16/h2-10,13H,11-12,14H2,1H3,(H,24,29). The summed E-state index contributed by atoms with van der Waals surface area (Å²) in [6.45, 7) is 0.140. The minimum absolute atomic E-state index is 0.00609. The smallest absolute Gasteiger partial charge is 0.246 e. The molecule has 0 saturated heterocycles. The Morgan fingerprint density at radius 1 is 1.09 bits per heavy atom. The molecule has 0 atom stereocenters. The molecule has 33 heavy (non-hydrogen) atoms. The number of hydrogen-bond donors (Lipinski definition) is 1. The van der Waals surface area contributed by atoms with Crippen molar-refractivity contribution in [3.63, 3.8) is 0 Å². The minimum Gasteiger partial charge on any atom is -0.497 e. The first-order valence-electron chi connectivity index (χ1n) is 10.00. The summed E-state index contributed by atoms with van der Waals surface area (Å²) in [6, 6.07) is 16.5. The van der Waals surface area contributed by atoms with Gasteiger partial charge in [0.15, 0.2) is 10.1 Å². The van der Waals surface area contributed by atoms with Crippen LogP contribution in [0, 0.1) is 0 Å². The maximum atomic E-state index is 12.3. The van der Waals surface area contributed by atoms with Crippen LogP contribution in [-0.2, 0) is 17.8 Å². The largest absolute Gasteiger partial charge is 0.497 e. The lowest BCUT2D eigenvalue weighted by atomic mass is 10.1. The number of methoxy groups -OCH3 is 1. The van der Waals surface area contributed by atoms with Crippen molar-refractivity contribution in [2.24, 2.45) is 0 Å². The number of ether oxygens (including phenoxy) is 1. The molecule has 2 heterocycles. The molecular weight excluding hydrogens is 460 g/mol. The number of rotatable bonds is 10. The summed E-state index contributed by atoms with van der Waals surface area (Å²) >= 11 is 2.76. The van der Waals surface area contributed by atoms with Crippen molar-refractivity contribution in [2.45, 2.75) is 17.3 Å². The Bertz CT molecular complexity index is 1220. The number of benzene rings is 2. The highest BCUT2D eigenvalue weighted by Gasteiger charge is 2.13. The number of amides is 1. The van der Waals surface area contributed by atoms with Crippen molar-refractivity contribution in [1.82, 2.24) is 20.4 Å². The van der Waals surface area contributed by atoms with Gasteiger partial charge in [0.1, 0.15) is 5.75 Å². The van der Waals surface area contributed by atoms with Crippen LogP contribution in [0.25, 0.3) is 11.4 Å². The number of ketones is 1. The molecule has 0 aliphatic rings.